The molecule has 0 saturated carbocycles. The molecule has 0 heterocycles. The van der Waals surface area contributed by atoms with Gasteiger partial charge < -0.3 is 19.6 Å². The van der Waals surface area contributed by atoms with E-state index in [1.54, 1.807) is 0 Å². The van der Waals surface area contributed by atoms with E-state index >= 15 is 0 Å². The van der Waals surface area contributed by atoms with Crippen LogP contribution < -0.4 is 133 Å². The Morgan fingerprint density at radius 2 is 0.923 bits per heavy atom. The van der Waals surface area contributed by atoms with Crippen molar-refractivity contribution in [3.8, 4) is 0 Å². The first-order valence-corrected chi connectivity index (χ1v) is 2.75. The molecule has 56 valence electrons. The minimum absolute atomic E-state index is 0. The fourth-order valence-corrected chi connectivity index (χ4v) is 0. The fraction of sp³-hybridized carbons (Fsp3) is 0. The van der Waals surface area contributed by atoms with Gasteiger partial charge in [0.2, 0.25) is 10.4 Å². The molecule has 0 bridgehead atoms. The summed E-state index contributed by atoms with van der Waals surface area (Å²) in [4.78, 5) is 0. The molecule has 0 radical (unpaired) electrons. The summed E-state index contributed by atoms with van der Waals surface area (Å²) < 4.78 is 32.8. The molecule has 1 N–H and O–H groups in total. The summed E-state index contributed by atoms with van der Waals surface area (Å²) in [7, 11) is -7.83. The molecule has 0 fully saturated rings. The van der Waals surface area contributed by atoms with Gasteiger partial charge >= 0.3 is 118 Å². The van der Waals surface area contributed by atoms with Crippen LogP contribution in [0.3, 0.4) is 0 Å². The predicted octanol–water partition coefficient (Wildman–Crippen LogP) is -16.9. The van der Waals surface area contributed by atoms with E-state index in [9.17, 15) is 0 Å². The van der Waals surface area contributed by atoms with Crippen molar-refractivity contribution in [1.82, 2.24) is 0 Å². The largest absolute Gasteiger partial charge is 1.00 e. The SMILES string of the molecule is O=S(=O)([O-])O.[Na+].[Na+].[Na+].[Na+].[O-]B([O-])[O-]. The molecule has 0 aliphatic carbocycles. The second-order valence-electron chi connectivity index (χ2n) is 0.716. The van der Waals surface area contributed by atoms with Gasteiger partial charge in [0.05, 0.1) is 0 Å². The average Bonchev–Trinajstić information content (AvgIpc) is 1.19. The third-order valence-corrected chi connectivity index (χ3v) is 0. The van der Waals surface area contributed by atoms with Crippen molar-refractivity contribution in [3.63, 3.8) is 0 Å². The topological polar surface area (TPSA) is 147 Å². The summed E-state index contributed by atoms with van der Waals surface area (Å²) in [5, 5.41) is 25.2. The molecule has 0 aromatic heterocycles. The summed E-state index contributed by atoms with van der Waals surface area (Å²) in [6, 6.07) is 0. The molecule has 0 spiro atoms. The summed E-state index contributed by atoms with van der Waals surface area (Å²) in [5.41, 5.74) is 0. The number of hydrogen-bond donors (Lipinski definition) is 1. The van der Waals surface area contributed by atoms with E-state index in [1.165, 1.54) is 0 Å². The third kappa shape index (κ3) is 207. The van der Waals surface area contributed by atoms with Gasteiger partial charge in [-0.05, 0) is 0 Å². The summed E-state index contributed by atoms with van der Waals surface area (Å²) in [5.74, 6) is 0. The molecule has 0 aliphatic rings. The molecule has 13 heavy (non-hydrogen) atoms. The Morgan fingerprint density at radius 3 is 0.923 bits per heavy atom. The maximum absolute atomic E-state index is 8.63. The smallest absolute Gasteiger partial charge is 0.907 e. The molecular formula is HBNa4O7S. The normalized spacial score (nSPS) is 6.54. The van der Waals surface area contributed by atoms with Crippen molar-refractivity contribution in [2.75, 3.05) is 0 Å². The van der Waals surface area contributed by atoms with Crippen molar-refractivity contribution in [2.24, 2.45) is 0 Å². The van der Waals surface area contributed by atoms with Gasteiger partial charge in [0, 0.05) is 0 Å². The average molecular weight is 248 g/mol. The van der Waals surface area contributed by atoms with Crippen LogP contribution in [-0.4, -0.2) is 24.8 Å². The molecule has 0 amide bonds. The Morgan fingerprint density at radius 1 is 0.923 bits per heavy atom. The Balaban J connectivity index is -0.0000000146. The molecule has 0 saturated heterocycles. The first-order chi connectivity index (χ1) is 3.73. The van der Waals surface area contributed by atoms with Gasteiger partial charge in [0.25, 0.3) is 0 Å². The van der Waals surface area contributed by atoms with E-state index in [2.05, 4.69) is 0 Å². The second kappa shape index (κ2) is 21.1. The molecule has 0 rings (SSSR count). The van der Waals surface area contributed by atoms with Crippen LogP contribution in [0.4, 0.5) is 0 Å². The maximum atomic E-state index is 8.63. The van der Waals surface area contributed by atoms with Crippen LogP contribution in [0.5, 0.6) is 0 Å². The van der Waals surface area contributed by atoms with Crippen LogP contribution in [0, 0.1) is 0 Å². The summed E-state index contributed by atoms with van der Waals surface area (Å²) in [6.45, 7) is 0. The van der Waals surface area contributed by atoms with Gasteiger partial charge in [-0.1, -0.05) is 0 Å². The minimum atomic E-state index is -4.92. The Kier molecular flexibility index (Phi) is 58.5. The Labute approximate surface area is 165 Å². The van der Waals surface area contributed by atoms with E-state index in [4.69, 9.17) is 32.6 Å². The second-order valence-corrected chi connectivity index (χ2v) is 1.57. The number of hydrogen-bond acceptors (Lipinski definition) is 6. The standard InChI is InChI=1S/BO3.4Na.H2O4S/c2-1(3)4;;;;;1-5(2,3)4/h;;;;;(H2,1,2,3,4)/q-3;4*+1;/p-1. The molecule has 0 aromatic rings. The zero-order valence-corrected chi connectivity index (χ0v) is 16.7. The van der Waals surface area contributed by atoms with Gasteiger partial charge in [0.15, 0.2) is 0 Å². The van der Waals surface area contributed by atoms with Crippen LogP contribution in [0.15, 0.2) is 0 Å². The van der Waals surface area contributed by atoms with Crippen molar-refractivity contribution < 1.29 is 151 Å². The maximum Gasteiger partial charge on any atom is 1.00 e. The molecule has 13 heteroatoms. The molecule has 0 unspecified atom stereocenters. The Hall–Kier alpha value is 3.81. The van der Waals surface area contributed by atoms with Gasteiger partial charge in [-0.3, -0.25) is 11.9 Å². The number of rotatable bonds is 0. The summed E-state index contributed by atoms with van der Waals surface area (Å²) in [6.07, 6.45) is 0. The third-order valence-electron chi connectivity index (χ3n) is 0. The van der Waals surface area contributed by atoms with Crippen molar-refractivity contribution >= 4 is 17.7 Å². The quantitative estimate of drug-likeness (QED) is 0.254. The van der Waals surface area contributed by atoms with Gasteiger partial charge in [-0.25, -0.2) is 8.42 Å². The Bertz CT molecular complexity index is 132. The zero-order valence-electron chi connectivity index (χ0n) is 7.88. The van der Waals surface area contributed by atoms with Crippen molar-refractivity contribution in [2.45, 2.75) is 0 Å². The summed E-state index contributed by atoms with van der Waals surface area (Å²) >= 11 is 0. The first kappa shape index (κ1) is 36.0. The molecule has 0 aromatic carbocycles. The van der Waals surface area contributed by atoms with Gasteiger partial charge in [-0.15, -0.1) is 0 Å². The van der Waals surface area contributed by atoms with Crippen LogP contribution in [-0.2, 0) is 10.4 Å². The van der Waals surface area contributed by atoms with Crippen LogP contribution in [0.25, 0.3) is 0 Å². The van der Waals surface area contributed by atoms with Crippen LogP contribution in [0.1, 0.15) is 0 Å². The molecular weight excluding hydrogens is 247 g/mol. The van der Waals surface area contributed by atoms with Gasteiger partial charge in [0.1, 0.15) is 0 Å². The fourth-order valence-electron chi connectivity index (χ4n) is 0. The van der Waals surface area contributed by atoms with Crippen molar-refractivity contribution in [3.05, 3.63) is 0 Å². The van der Waals surface area contributed by atoms with E-state index < -0.39 is 17.7 Å². The molecule has 0 atom stereocenters. The van der Waals surface area contributed by atoms with E-state index in [-0.39, 0.29) is 118 Å². The van der Waals surface area contributed by atoms with Crippen LogP contribution in [0.2, 0.25) is 0 Å². The first-order valence-electron chi connectivity index (χ1n) is 1.39. The van der Waals surface area contributed by atoms with Crippen LogP contribution >= 0.6 is 0 Å². The van der Waals surface area contributed by atoms with E-state index in [1.807, 2.05) is 0 Å². The minimum Gasteiger partial charge on any atom is -0.907 e. The van der Waals surface area contributed by atoms with Gasteiger partial charge in [-0.2, -0.15) is 0 Å². The van der Waals surface area contributed by atoms with E-state index in [0.717, 1.165) is 0 Å². The van der Waals surface area contributed by atoms with E-state index in [0.29, 0.717) is 0 Å². The zero-order chi connectivity index (χ0) is 8.08. The molecule has 0 aliphatic heterocycles. The monoisotopic (exact) mass is 248 g/mol. The predicted molar refractivity (Wildman–Crippen MR) is 18.1 cm³/mol. The van der Waals surface area contributed by atoms with Crippen molar-refractivity contribution in [1.29, 1.82) is 0 Å². The molecule has 7 nitrogen and oxygen atoms in total.